The molecule has 1 N–H and O–H groups in total. The van der Waals surface area contributed by atoms with Gasteiger partial charge in [0, 0.05) is 35.6 Å². The van der Waals surface area contributed by atoms with Crippen molar-refractivity contribution in [2.45, 2.75) is 30.7 Å². The van der Waals surface area contributed by atoms with Crippen LogP contribution < -0.4 is 5.32 Å². The Balaban J connectivity index is 1.42. The standard InChI is InChI=1S/C17H21N3OS2/c1-13-2-4-15(5-3-13)23-12-16(21)20-9-6-14(7-10-20)19-17-18-8-11-22-17/h2-5,8,11,14H,6-7,9-10,12H2,1H3,(H,18,19). The molecule has 0 atom stereocenters. The second-order valence-corrected chi connectivity index (χ2v) is 7.68. The van der Waals surface area contributed by atoms with Crippen LogP contribution in [0.15, 0.2) is 40.7 Å². The summed E-state index contributed by atoms with van der Waals surface area (Å²) in [5.41, 5.74) is 1.25. The van der Waals surface area contributed by atoms with Crippen molar-refractivity contribution in [3.05, 3.63) is 41.4 Å². The van der Waals surface area contributed by atoms with E-state index in [0.29, 0.717) is 11.8 Å². The van der Waals surface area contributed by atoms with Crippen LogP contribution in [0, 0.1) is 6.92 Å². The first-order valence-corrected chi connectivity index (χ1v) is 9.70. The highest BCUT2D eigenvalue weighted by Gasteiger charge is 2.23. The smallest absolute Gasteiger partial charge is 0.232 e. The number of anilines is 1. The highest BCUT2D eigenvalue weighted by molar-refractivity contribution is 8.00. The van der Waals surface area contributed by atoms with Crippen molar-refractivity contribution >= 4 is 34.1 Å². The number of aryl methyl sites for hydroxylation is 1. The SMILES string of the molecule is Cc1ccc(SCC(=O)N2CCC(Nc3nccs3)CC2)cc1. The summed E-state index contributed by atoms with van der Waals surface area (Å²) >= 11 is 3.24. The number of likely N-dealkylation sites (tertiary alicyclic amines) is 1. The fourth-order valence-electron chi connectivity index (χ4n) is 2.61. The first-order valence-electron chi connectivity index (χ1n) is 7.84. The molecule has 0 saturated carbocycles. The van der Waals surface area contributed by atoms with Crippen molar-refractivity contribution in [1.82, 2.24) is 9.88 Å². The first kappa shape index (κ1) is 16.3. The average molecular weight is 348 g/mol. The monoisotopic (exact) mass is 347 g/mol. The van der Waals surface area contributed by atoms with Crippen molar-refractivity contribution in [1.29, 1.82) is 0 Å². The van der Waals surface area contributed by atoms with Gasteiger partial charge < -0.3 is 10.2 Å². The van der Waals surface area contributed by atoms with Gasteiger partial charge in [-0.05, 0) is 31.9 Å². The van der Waals surface area contributed by atoms with Crippen LogP contribution in [0.25, 0.3) is 0 Å². The van der Waals surface area contributed by atoms with Gasteiger partial charge in [0.05, 0.1) is 5.75 Å². The molecular weight excluding hydrogens is 326 g/mol. The molecule has 1 saturated heterocycles. The number of aromatic nitrogens is 1. The number of benzene rings is 1. The molecule has 0 spiro atoms. The molecule has 4 nitrogen and oxygen atoms in total. The summed E-state index contributed by atoms with van der Waals surface area (Å²) in [7, 11) is 0. The summed E-state index contributed by atoms with van der Waals surface area (Å²) in [5, 5.41) is 6.40. The lowest BCUT2D eigenvalue weighted by Gasteiger charge is -2.32. The fraction of sp³-hybridized carbons (Fsp3) is 0.412. The van der Waals surface area contributed by atoms with E-state index in [1.54, 1.807) is 23.1 Å². The van der Waals surface area contributed by atoms with Gasteiger partial charge in [0.25, 0.3) is 0 Å². The van der Waals surface area contributed by atoms with Crippen LogP contribution in [0.3, 0.4) is 0 Å². The Kier molecular flexibility index (Phi) is 5.56. The summed E-state index contributed by atoms with van der Waals surface area (Å²) in [5.74, 6) is 0.761. The van der Waals surface area contributed by atoms with Gasteiger partial charge in [-0.1, -0.05) is 17.7 Å². The minimum absolute atomic E-state index is 0.239. The number of rotatable bonds is 5. The number of nitrogens with one attached hydrogen (secondary N) is 1. The maximum Gasteiger partial charge on any atom is 0.232 e. The molecule has 1 aromatic carbocycles. The molecule has 0 bridgehead atoms. The molecule has 23 heavy (non-hydrogen) atoms. The van der Waals surface area contributed by atoms with Crippen molar-refractivity contribution in [2.75, 3.05) is 24.2 Å². The van der Waals surface area contributed by atoms with E-state index in [2.05, 4.69) is 41.5 Å². The van der Waals surface area contributed by atoms with E-state index in [0.717, 1.165) is 36.0 Å². The summed E-state index contributed by atoms with van der Waals surface area (Å²) in [6, 6.07) is 8.76. The largest absolute Gasteiger partial charge is 0.359 e. The van der Waals surface area contributed by atoms with Crippen LogP contribution in [0.5, 0.6) is 0 Å². The molecule has 0 unspecified atom stereocenters. The van der Waals surface area contributed by atoms with Crippen molar-refractivity contribution in [2.24, 2.45) is 0 Å². The minimum Gasteiger partial charge on any atom is -0.359 e. The van der Waals surface area contributed by atoms with E-state index in [1.807, 2.05) is 16.5 Å². The van der Waals surface area contributed by atoms with Crippen molar-refractivity contribution in [3.8, 4) is 0 Å². The Labute approximate surface area is 145 Å². The Morgan fingerprint density at radius 3 is 2.74 bits per heavy atom. The van der Waals surface area contributed by atoms with Gasteiger partial charge in [0.1, 0.15) is 0 Å². The number of thioether (sulfide) groups is 1. The number of thiazole rings is 1. The van der Waals surface area contributed by atoms with Crippen LogP contribution in [0.1, 0.15) is 18.4 Å². The fourth-order valence-corrected chi connectivity index (χ4v) is 4.02. The van der Waals surface area contributed by atoms with E-state index < -0.39 is 0 Å². The molecule has 1 aliphatic heterocycles. The van der Waals surface area contributed by atoms with Gasteiger partial charge in [-0.15, -0.1) is 23.1 Å². The van der Waals surface area contributed by atoms with E-state index in [-0.39, 0.29) is 5.91 Å². The molecule has 1 amide bonds. The van der Waals surface area contributed by atoms with Gasteiger partial charge >= 0.3 is 0 Å². The maximum atomic E-state index is 12.3. The van der Waals surface area contributed by atoms with Gasteiger partial charge in [0.2, 0.25) is 5.91 Å². The molecule has 0 radical (unpaired) electrons. The number of hydrogen-bond acceptors (Lipinski definition) is 5. The number of carbonyl (C=O) groups excluding carboxylic acids is 1. The maximum absolute atomic E-state index is 12.3. The molecule has 0 aliphatic carbocycles. The van der Waals surface area contributed by atoms with Gasteiger partial charge in [-0.3, -0.25) is 4.79 Å². The van der Waals surface area contributed by atoms with E-state index >= 15 is 0 Å². The van der Waals surface area contributed by atoms with Crippen molar-refractivity contribution in [3.63, 3.8) is 0 Å². The number of piperidine rings is 1. The number of carbonyl (C=O) groups is 1. The Bertz CT molecular complexity index is 620. The van der Waals surface area contributed by atoms with Gasteiger partial charge in [0.15, 0.2) is 5.13 Å². The lowest BCUT2D eigenvalue weighted by molar-refractivity contribution is -0.129. The van der Waals surface area contributed by atoms with Crippen LogP contribution in [0.2, 0.25) is 0 Å². The number of amides is 1. The molecule has 1 aliphatic rings. The number of hydrogen-bond donors (Lipinski definition) is 1. The van der Waals surface area contributed by atoms with E-state index in [4.69, 9.17) is 0 Å². The molecular formula is C17H21N3OS2. The van der Waals surface area contributed by atoms with Crippen LogP contribution in [0.4, 0.5) is 5.13 Å². The first-order chi connectivity index (χ1) is 11.2. The van der Waals surface area contributed by atoms with E-state index in [9.17, 15) is 4.79 Å². The third-order valence-corrected chi connectivity index (χ3v) is 5.69. The highest BCUT2D eigenvalue weighted by atomic mass is 32.2. The third-order valence-electron chi connectivity index (χ3n) is 3.99. The highest BCUT2D eigenvalue weighted by Crippen LogP contribution is 2.21. The van der Waals surface area contributed by atoms with Crippen LogP contribution in [-0.2, 0) is 4.79 Å². The summed E-state index contributed by atoms with van der Waals surface area (Å²) in [4.78, 5) is 19.7. The van der Waals surface area contributed by atoms with Gasteiger partial charge in [-0.25, -0.2) is 4.98 Å². The second kappa shape index (κ2) is 7.84. The zero-order valence-corrected chi connectivity index (χ0v) is 14.8. The van der Waals surface area contributed by atoms with Gasteiger partial charge in [-0.2, -0.15) is 0 Å². The molecule has 2 aromatic rings. The molecule has 6 heteroatoms. The average Bonchev–Trinajstić information content (AvgIpc) is 3.08. The molecule has 122 valence electrons. The lowest BCUT2D eigenvalue weighted by Crippen LogP contribution is -2.43. The normalized spacial score (nSPS) is 15.6. The molecule has 1 fully saturated rings. The molecule has 1 aromatic heterocycles. The third kappa shape index (κ3) is 4.72. The zero-order valence-electron chi connectivity index (χ0n) is 13.2. The Morgan fingerprint density at radius 2 is 2.09 bits per heavy atom. The second-order valence-electron chi connectivity index (χ2n) is 5.74. The van der Waals surface area contributed by atoms with E-state index in [1.165, 1.54) is 5.56 Å². The topological polar surface area (TPSA) is 45.2 Å². The quantitative estimate of drug-likeness (QED) is 0.839. The van der Waals surface area contributed by atoms with Crippen LogP contribution in [-0.4, -0.2) is 40.7 Å². The minimum atomic E-state index is 0.239. The molecule has 3 rings (SSSR count). The summed E-state index contributed by atoms with van der Waals surface area (Å²) in [6.45, 7) is 3.73. The predicted molar refractivity (Wildman–Crippen MR) is 97.2 cm³/mol. The summed E-state index contributed by atoms with van der Waals surface area (Å²) in [6.07, 6.45) is 3.79. The Hall–Kier alpha value is -1.53. The lowest BCUT2D eigenvalue weighted by atomic mass is 10.1. The molecule has 2 heterocycles. The number of nitrogens with zero attached hydrogens (tertiary/aromatic N) is 2. The van der Waals surface area contributed by atoms with Crippen LogP contribution >= 0.6 is 23.1 Å². The summed E-state index contributed by atoms with van der Waals surface area (Å²) < 4.78 is 0. The van der Waals surface area contributed by atoms with Crippen molar-refractivity contribution < 1.29 is 4.79 Å². The Morgan fingerprint density at radius 1 is 1.35 bits per heavy atom. The predicted octanol–water partition coefficient (Wildman–Crippen LogP) is 3.65. The zero-order chi connectivity index (χ0) is 16.1.